The highest BCUT2D eigenvalue weighted by Gasteiger charge is 2.29. The number of aliphatic hydroxyl groups excluding tert-OH is 1. The van der Waals surface area contributed by atoms with Gasteiger partial charge in [-0.1, -0.05) is 0 Å². The number of β-amino-alcohol motifs (C(OH)–C–C–N with tert-alkyl or cyclic N) is 1. The molecule has 1 aromatic rings. The van der Waals surface area contributed by atoms with Crippen molar-refractivity contribution in [2.75, 3.05) is 18.5 Å². The van der Waals surface area contributed by atoms with Crippen molar-refractivity contribution in [2.24, 2.45) is 5.84 Å². The zero-order valence-electron chi connectivity index (χ0n) is 9.65. The maximum Gasteiger partial charge on any atom is 0.246 e. The number of hydrazine groups is 1. The molecule has 0 amide bonds. The Bertz CT molecular complexity index is 503. The standard InChI is InChI=1S/C9H15N5O3S/c10-13-9-11-4-8(5-12-9)18(16,17)14-3-1-2-7(15)6-14/h4-5,7,15H,1-3,6,10H2,(H,11,12,13). The smallest absolute Gasteiger partial charge is 0.246 e. The van der Waals surface area contributed by atoms with Crippen molar-refractivity contribution in [3.05, 3.63) is 12.4 Å². The molecule has 0 radical (unpaired) electrons. The molecule has 1 unspecified atom stereocenters. The number of aliphatic hydroxyl groups is 1. The van der Waals surface area contributed by atoms with Crippen molar-refractivity contribution in [3.63, 3.8) is 0 Å². The fourth-order valence-corrected chi connectivity index (χ4v) is 3.22. The summed E-state index contributed by atoms with van der Waals surface area (Å²) < 4.78 is 25.7. The molecule has 0 saturated carbocycles. The minimum absolute atomic E-state index is 0.00407. The molecule has 100 valence electrons. The molecule has 1 atom stereocenters. The number of rotatable bonds is 3. The van der Waals surface area contributed by atoms with Crippen molar-refractivity contribution >= 4 is 16.0 Å². The van der Waals surface area contributed by atoms with Gasteiger partial charge in [-0.15, -0.1) is 0 Å². The lowest BCUT2D eigenvalue weighted by molar-refractivity contribution is 0.108. The van der Waals surface area contributed by atoms with Crippen LogP contribution in [0.15, 0.2) is 17.3 Å². The number of aromatic nitrogens is 2. The molecule has 9 heteroatoms. The van der Waals surface area contributed by atoms with Crippen LogP contribution in [0.5, 0.6) is 0 Å². The topological polar surface area (TPSA) is 121 Å². The van der Waals surface area contributed by atoms with Gasteiger partial charge in [-0.2, -0.15) is 4.31 Å². The van der Waals surface area contributed by atoms with E-state index in [1.807, 2.05) is 0 Å². The van der Waals surface area contributed by atoms with Crippen LogP contribution in [-0.4, -0.2) is 47.0 Å². The first-order valence-corrected chi connectivity index (χ1v) is 6.95. The Labute approximate surface area is 105 Å². The van der Waals surface area contributed by atoms with Crippen molar-refractivity contribution in [3.8, 4) is 0 Å². The van der Waals surface area contributed by atoms with Gasteiger partial charge in [-0.05, 0) is 12.8 Å². The molecule has 1 fully saturated rings. The maximum atomic E-state index is 12.2. The van der Waals surface area contributed by atoms with Gasteiger partial charge in [0.1, 0.15) is 4.90 Å². The van der Waals surface area contributed by atoms with Gasteiger partial charge in [-0.25, -0.2) is 24.2 Å². The summed E-state index contributed by atoms with van der Waals surface area (Å²) in [5.74, 6) is 5.25. The highest BCUT2D eigenvalue weighted by atomic mass is 32.2. The van der Waals surface area contributed by atoms with Crippen LogP contribution in [0.4, 0.5) is 5.95 Å². The summed E-state index contributed by atoms with van der Waals surface area (Å²) in [5.41, 5.74) is 2.22. The average Bonchev–Trinajstić information content (AvgIpc) is 2.39. The predicted octanol–water partition coefficient (Wildman–Crippen LogP) is -1.09. The van der Waals surface area contributed by atoms with E-state index in [2.05, 4.69) is 15.4 Å². The Morgan fingerprint density at radius 3 is 2.67 bits per heavy atom. The molecule has 2 heterocycles. The lowest BCUT2D eigenvalue weighted by Gasteiger charge is -2.28. The predicted molar refractivity (Wildman–Crippen MR) is 63.8 cm³/mol. The number of hydrogen-bond donors (Lipinski definition) is 3. The van der Waals surface area contributed by atoms with E-state index in [9.17, 15) is 13.5 Å². The van der Waals surface area contributed by atoms with Crippen LogP contribution < -0.4 is 11.3 Å². The molecular formula is C9H15N5O3S. The van der Waals surface area contributed by atoms with Gasteiger partial charge in [0.15, 0.2) is 0 Å². The van der Waals surface area contributed by atoms with Crippen LogP contribution in [-0.2, 0) is 10.0 Å². The molecule has 1 aromatic heterocycles. The number of hydrogen-bond acceptors (Lipinski definition) is 7. The third-order valence-corrected chi connectivity index (χ3v) is 4.57. The molecule has 18 heavy (non-hydrogen) atoms. The van der Waals surface area contributed by atoms with E-state index >= 15 is 0 Å². The highest BCUT2D eigenvalue weighted by molar-refractivity contribution is 7.89. The van der Waals surface area contributed by atoms with E-state index in [-0.39, 0.29) is 17.4 Å². The van der Waals surface area contributed by atoms with Gasteiger partial charge in [0, 0.05) is 13.1 Å². The molecule has 0 aliphatic carbocycles. The summed E-state index contributed by atoms with van der Waals surface area (Å²) >= 11 is 0. The van der Waals surface area contributed by atoms with Crippen LogP contribution >= 0.6 is 0 Å². The first-order valence-electron chi connectivity index (χ1n) is 5.51. The molecule has 0 aromatic carbocycles. The van der Waals surface area contributed by atoms with E-state index in [1.54, 1.807) is 0 Å². The van der Waals surface area contributed by atoms with Crippen LogP contribution in [0.2, 0.25) is 0 Å². The van der Waals surface area contributed by atoms with Crippen molar-refractivity contribution in [2.45, 2.75) is 23.8 Å². The Morgan fingerprint density at radius 1 is 1.44 bits per heavy atom. The Hall–Kier alpha value is -1.29. The molecule has 8 nitrogen and oxygen atoms in total. The fraction of sp³-hybridized carbons (Fsp3) is 0.556. The van der Waals surface area contributed by atoms with Crippen molar-refractivity contribution in [1.82, 2.24) is 14.3 Å². The van der Waals surface area contributed by atoms with Crippen LogP contribution in [0.3, 0.4) is 0 Å². The lowest BCUT2D eigenvalue weighted by Crippen LogP contribution is -2.42. The summed E-state index contributed by atoms with van der Waals surface area (Å²) in [7, 11) is -3.64. The SMILES string of the molecule is NNc1ncc(S(=O)(=O)N2CCCC(O)C2)cn1. The van der Waals surface area contributed by atoms with E-state index in [4.69, 9.17) is 5.84 Å². The molecule has 4 N–H and O–H groups in total. The minimum Gasteiger partial charge on any atom is -0.392 e. The normalized spacial score (nSPS) is 21.8. The molecule has 0 spiro atoms. The third kappa shape index (κ3) is 2.58. The Balaban J connectivity index is 2.23. The van der Waals surface area contributed by atoms with Gasteiger partial charge in [-0.3, -0.25) is 5.43 Å². The number of nitrogens with one attached hydrogen (secondary N) is 1. The van der Waals surface area contributed by atoms with E-state index in [0.29, 0.717) is 19.4 Å². The Morgan fingerprint density at radius 2 is 2.11 bits per heavy atom. The first-order chi connectivity index (χ1) is 8.54. The van der Waals surface area contributed by atoms with Gasteiger partial charge in [0.25, 0.3) is 0 Å². The number of nitrogens with zero attached hydrogens (tertiary/aromatic N) is 3. The van der Waals surface area contributed by atoms with Gasteiger partial charge in [0.2, 0.25) is 16.0 Å². The minimum atomic E-state index is -3.64. The molecule has 1 aliphatic heterocycles. The zero-order valence-corrected chi connectivity index (χ0v) is 10.5. The lowest BCUT2D eigenvalue weighted by atomic mass is 10.1. The summed E-state index contributed by atoms with van der Waals surface area (Å²) in [4.78, 5) is 7.52. The average molecular weight is 273 g/mol. The first kappa shape index (κ1) is 13.1. The van der Waals surface area contributed by atoms with Crippen molar-refractivity contribution < 1.29 is 13.5 Å². The van der Waals surface area contributed by atoms with Crippen molar-refractivity contribution in [1.29, 1.82) is 0 Å². The maximum absolute atomic E-state index is 12.2. The summed E-state index contributed by atoms with van der Waals surface area (Å²) in [6.07, 6.45) is 3.04. The zero-order chi connectivity index (χ0) is 13.2. The van der Waals surface area contributed by atoms with Gasteiger partial charge >= 0.3 is 0 Å². The van der Waals surface area contributed by atoms with Gasteiger partial charge in [0.05, 0.1) is 18.5 Å². The van der Waals surface area contributed by atoms with E-state index in [1.165, 1.54) is 16.7 Å². The summed E-state index contributed by atoms with van der Waals surface area (Å²) in [6, 6.07) is 0. The number of nitrogen functional groups attached to an aromatic ring is 1. The van der Waals surface area contributed by atoms with Crippen LogP contribution in [0.25, 0.3) is 0 Å². The summed E-state index contributed by atoms with van der Waals surface area (Å²) in [5, 5.41) is 9.51. The number of sulfonamides is 1. The quantitative estimate of drug-likeness (QED) is 0.472. The molecule has 2 rings (SSSR count). The second-order valence-corrected chi connectivity index (χ2v) is 5.98. The molecular weight excluding hydrogens is 258 g/mol. The second kappa shape index (κ2) is 5.14. The van der Waals surface area contributed by atoms with Crippen LogP contribution in [0.1, 0.15) is 12.8 Å². The fourth-order valence-electron chi connectivity index (χ4n) is 1.81. The molecule has 1 saturated heterocycles. The monoisotopic (exact) mass is 273 g/mol. The Kier molecular flexibility index (Phi) is 3.76. The third-order valence-electron chi connectivity index (χ3n) is 2.75. The van der Waals surface area contributed by atoms with E-state index < -0.39 is 16.1 Å². The van der Waals surface area contributed by atoms with E-state index in [0.717, 1.165) is 0 Å². The van der Waals surface area contributed by atoms with Gasteiger partial charge < -0.3 is 5.11 Å². The molecule has 1 aliphatic rings. The molecule has 0 bridgehead atoms. The highest BCUT2D eigenvalue weighted by Crippen LogP contribution is 2.19. The summed E-state index contributed by atoms with van der Waals surface area (Å²) in [6.45, 7) is 0.509. The second-order valence-electron chi connectivity index (χ2n) is 4.05. The number of piperidine rings is 1. The largest absolute Gasteiger partial charge is 0.392 e. The number of nitrogens with two attached hydrogens (primary N) is 1. The number of anilines is 1. The van der Waals surface area contributed by atoms with Crippen LogP contribution in [0, 0.1) is 0 Å².